The van der Waals surface area contributed by atoms with Crippen LogP contribution in [0, 0.1) is 52.3 Å². The van der Waals surface area contributed by atoms with Crippen molar-refractivity contribution in [1.29, 1.82) is 0 Å². The topological polar surface area (TPSA) is 35.5 Å². The summed E-state index contributed by atoms with van der Waals surface area (Å²) >= 11 is 0. The number of hydrogen-bond acceptors (Lipinski definition) is 3. The van der Waals surface area contributed by atoms with Gasteiger partial charge in [0.05, 0.1) is 6.10 Å². The second-order valence-corrected chi connectivity index (χ2v) is 14.6. The summed E-state index contributed by atoms with van der Waals surface area (Å²) in [5.74, 6) is 6.33. The van der Waals surface area contributed by atoms with Crippen molar-refractivity contribution in [2.24, 2.45) is 52.3 Å². The summed E-state index contributed by atoms with van der Waals surface area (Å²) < 4.78 is 12.2. The molecule has 11 atom stereocenters. The van der Waals surface area contributed by atoms with Crippen LogP contribution in [0.1, 0.15) is 119 Å². The Morgan fingerprint density at radius 2 is 1.72 bits per heavy atom. The average molecular weight is 499 g/mol. The van der Waals surface area contributed by atoms with E-state index in [0.717, 1.165) is 47.8 Å². The first-order valence-electron chi connectivity index (χ1n) is 15.6. The lowest BCUT2D eigenvalue weighted by atomic mass is 9.44. The number of carbonyl (C=O) groups is 1. The van der Waals surface area contributed by atoms with Crippen LogP contribution in [0.2, 0.25) is 0 Å². The first-order chi connectivity index (χ1) is 17.1. The van der Waals surface area contributed by atoms with Gasteiger partial charge in [0.25, 0.3) is 0 Å². The van der Waals surface area contributed by atoms with E-state index in [2.05, 4.69) is 34.6 Å². The Balaban J connectivity index is 1.21. The van der Waals surface area contributed by atoms with E-state index in [1.54, 1.807) is 6.08 Å². The van der Waals surface area contributed by atoms with Gasteiger partial charge in [0.15, 0.2) is 12.1 Å². The average Bonchev–Trinajstić information content (AvgIpc) is 3.19. The van der Waals surface area contributed by atoms with Crippen molar-refractivity contribution in [3.8, 4) is 0 Å². The Morgan fingerprint density at radius 1 is 0.972 bits per heavy atom. The number of ether oxygens (including phenoxy) is 2. The van der Waals surface area contributed by atoms with Gasteiger partial charge < -0.3 is 9.47 Å². The molecule has 0 N–H and O–H groups in total. The minimum Gasteiger partial charge on any atom is -0.346 e. The van der Waals surface area contributed by atoms with E-state index in [4.69, 9.17) is 9.47 Å². The monoisotopic (exact) mass is 498 g/mol. The van der Waals surface area contributed by atoms with Gasteiger partial charge in [0, 0.05) is 0 Å². The van der Waals surface area contributed by atoms with E-state index >= 15 is 0 Å². The number of rotatable bonds is 7. The maximum absolute atomic E-state index is 11.8. The van der Waals surface area contributed by atoms with Gasteiger partial charge in [-0.1, -0.05) is 53.9 Å². The van der Waals surface area contributed by atoms with Crippen molar-refractivity contribution in [3.05, 3.63) is 12.2 Å². The van der Waals surface area contributed by atoms with Crippen LogP contribution in [-0.2, 0) is 14.3 Å². The van der Waals surface area contributed by atoms with Crippen LogP contribution in [0.25, 0.3) is 0 Å². The molecule has 3 nitrogen and oxygen atoms in total. The molecule has 4 fully saturated rings. The minimum atomic E-state index is -0.381. The van der Waals surface area contributed by atoms with Gasteiger partial charge in [-0.2, -0.15) is 0 Å². The second kappa shape index (κ2) is 10.5. The largest absolute Gasteiger partial charge is 0.346 e. The Hall–Kier alpha value is -0.670. The van der Waals surface area contributed by atoms with Crippen molar-refractivity contribution in [2.75, 3.05) is 0 Å². The van der Waals surface area contributed by atoms with Crippen LogP contribution in [-0.4, -0.2) is 24.3 Å². The highest BCUT2D eigenvalue weighted by Crippen LogP contribution is 2.68. The summed E-state index contributed by atoms with van der Waals surface area (Å²) in [5.41, 5.74) is 1.07. The zero-order valence-corrected chi connectivity index (χ0v) is 24.1. The van der Waals surface area contributed by atoms with E-state index in [0.29, 0.717) is 10.8 Å². The molecule has 4 saturated carbocycles. The summed E-state index contributed by atoms with van der Waals surface area (Å²) in [7, 11) is 0. The molecule has 5 aliphatic rings. The lowest BCUT2D eigenvalue weighted by molar-refractivity contribution is -0.197. The Bertz CT molecular complexity index is 818. The summed E-state index contributed by atoms with van der Waals surface area (Å²) in [6.07, 6.45) is 19.6. The molecule has 0 saturated heterocycles. The number of fused-ring (bicyclic) bond motifs is 5. The molecular formula is C33H54O3. The lowest BCUT2D eigenvalue weighted by Gasteiger charge is -2.61. The molecule has 0 bridgehead atoms. The van der Waals surface area contributed by atoms with Gasteiger partial charge in [-0.3, -0.25) is 4.79 Å². The molecule has 0 aromatic rings. The normalized spacial score (nSPS) is 47.4. The van der Waals surface area contributed by atoms with Crippen molar-refractivity contribution >= 4 is 5.78 Å². The molecule has 0 unspecified atom stereocenters. The van der Waals surface area contributed by atoms with Gasteiger partial charge >= 0.3 is 0 Å². The molecule has 0 radical (unpaired) electrons. The zero-order chi connectivity index (χ0) is 25.7. The standard InChI is InChI=1S/C33H54O3/c1-21(2)8-7-9-22(3)27-12-13-28-26-11-10-24-20-25(36-31-15-14-30(34)23(4)35-31)16-18-32(24,5)29(26)17-19-33(27,28)6/h14-15,21-29,31H,7-13,16-20H2,1-6H3/t22-,23+,24+,25+,26+,27-,28+,29+,31+,32+,33-/m1/s1. The van der Waals surface area contributed by atoms with E-state index in [1.807, 2.05) is 13.0 Å². The SMILES string of the molecule is CC(C)CCC[C@@H](C)[C@H]1CC[C@H]2[C@@H]3CC[C@H]4C[C@@H](O[C@H]5C=CC(=O)[C@H](C)O5)CC[C@]4(C)[C@H]3CC[C@]12C. The maximum atomic E-state index is 11.8. The minimum absolute atomic E-state index is 0.0489. The Labute approximate surface area is 221 Å². The van der Waals surface area contributed by atoms with Crippen LogP contribution in [0.3, 0.4) is 0 Å². The van der Waals surface area contributed by atoms with Crippen LogP contribution < -0.4 is 0 Å². The molecule has 5 rings (SSSR count). The third kappa shape index (κ3) is 4.90. The molecule has 3 heteroatoms. The predicted octanol–water partition coefficient (Wildman–Crippen LogP) is 8.36. The van der Waals surface area contributed by atoms with E-state index < -0.39 is 0 Å². The van der Waals surface area contributed by atoms with Gasteiger partial charge in [-0.15, -0.1) is 0 Å². The summed E-state index contributed by atoms with van der Waals surface area (Å²) in [5, 5.41) is 0. The van der Waals surface area contributed by atoms with Crippen LogP contribution in [0.15, 0.2) is 12.2 Å². The molecular weight excluding hydrogens is 444 g/mol. The highest BCUT2D eigenvalue weighted by Gasteiger charge is 2.60. The van der Waals surface area contributed by atoms with Gasteiger partial charge in [-0.25, -0.2) is 0 Å². The van der Waals surface area contributed by atoms with Crippen molar-refractivity contribution in [3.63, 3.8) is 0 Å². The lowest BCUT2D eigenvalue weighted by Crippen LogP contribution is -2.54. The van der Waals surface area contributed by atoms with Gasteiger partial charge in [0.1, 0.15) is 6.10 Å². The first-order valence-corrected chi connectivity index (χ1v) is 15.6. The smallest absolute Gasteiger partial charge is 0.184 e. The molecule has 1 aliphatic heterocycles. The number of carbonyl (C=O) groups excluding carboxylic acids is 1. The van der Waals surface area contributed by atoms with Crippen molar-refractivity contribution in [1.82, 2.24) is 0 Å². The number of hydrogen-bond donors (Lipinski definition) is 0. The summed E-state index contributed by atoms with van der Waals surface area (Å²) in [4.78, 5) is 11.8. The molecule has 36 heavy (non-hydrogen) atoms. The van der Waals surface area contributed by atoms with E-state index in [1.165, 1.54) is 70.6 Å². The third-order valence-electron chi connectivity index (χ3n) is 12.3. The molecule has 0 aromatic carbocycles. The Morgan fingerprint density at radius 3 is 2.47 bits per heavy atom. The number of ketones is 1. The fraction of sp³-hybridized carbons (Fsp3) is 0.909. The maximum Gasteiger partial charge on any atom is 0.184 e. The third-order valence-corrected chi connectivity index (χ3v) is 12.3. The molecule has 0 spiro atoms. The summed E-state index contributed by atoms with van der Waals surface area (Å²) in [6.45, 7) is 14.5. The van der Waals surface area contributed by atoms with E-state index in [9.17, 15) is 4.79 Å². The second-order valence-electron chi connectivity index (χ2n) is 14.6. The highest BCUT2D eigenvalue weighted by atomic mass is 16.7. The quantitative estimate of drug-likeness (QED) is 0.354. The van der Waals surface area contributed by atoms with Crippen LogP contribution in [0.4, 0.5) is 0 Å². The Kier molecular flexibility index (Phi) is 7.83. The molecule has 1 heterocycles. The van der Waals surface area contributed by atoms with Gasteiger partial charge in [0.2, 0.25) is 0 Å². The molecule has 4 aliphatic carbocycles. The van der Waals surface area contributed by atoms with Gasteiger partial charge in [-0.05, 0) is 129 Å². The van der Waals surface area contributed by atoms with Crippen molar-refractivity contribution in [2.45, 2.75) is 137 Å². The van der Waals surface area contributed by atoms with E-state index in [-0.39, 0.29) is 24.3 Å². The fourth-order valence-electron chi connectivity index (χ4n) is 10.3. The predicted molar refractivity (Wildman–Crippen MR) is 146 cm³/mol. The fourth-order valence-corrected chi connectivity index (χ4v) is 10.3. The van der Waals surface area contributed by atoms with Crippen LogP contribution in [0.5, 0.6) is 0 Å². The highest BCUT2D eigenvalue weighted by molar-refractivity contribution is 5.93. The molecule has 204 valence electrons. The first kappa shape index (κ1) is 26.9. The zero-order valence-electron chi connectivity index (χ0n) is 24.1. The summed E-state index contributed by atoms with van der Waals surface area (Å²) in [6, 6.07) is 0. The van der Waals surface area contributed by atoms with Crippen LogP contribution >= 0.6 is 0 Å². The molecule has 0 amide bonds. The van der Waals surface area contributed by atoms with Crippen molar-refractivity contribution < 1.29 is 14.3 Å². The molecule has 0 aromatic heterocycles.